The zero-order valence-electron chi connectivity index (χ0n) is 11.8. The van der Waals surface area contributed by atoms with E-state index >= 15 is 0 Å². The molecule has 0 fully saturated rings. The van der Waals surface area contributed by atoms with E-state index in [1.807, 2.05) is 24.3 Å². The predicted octanol–water partition coefficient (Wildman–Crippen LogP) is 3.84. The minimum atomic E-state index is 0.373. The minimum Gasteiger partial charge on any atom is -0.493 e. The Morgan fingerprint density at radius 1 is 1.10 bits per heavy atom. The topological polar surface area (TPSA) is 44.2 Å². The van der Waals surface area contributed by atoms with E-state index in [1.165, 1.54) is 0 Å². The van der Waals surface area contributed by atoms with Gasteiger partial charge in [0.1, 0.15) is 0 Å². The second kappa shape index (κ2) is 6.57. The van der Waals surface area contributed by atoms with Crippen LogP contribution in [-0.2, 0) is 0 Å². The van der Waals surface area contributed by atoms with Gasteiger partial charge < -0.3 is 9.47 Å². The Bertz CT molecular complexity index is 571. The number of benzene rings is 1. The van der Waals surface area contributed by atoms with Gasteiger partial charge in [-0.2, -0.15) is 0 Å². The fourth-order valence-corrected chi connectivity index (χ4v) is 1.77. The molecule has 0 aliphatic heterocycles. The lowest BCUT2D eigenvalue weighted by Gasteiger charge is -2.13. The molecule has 5 heteroatoms. The maximum atomic E-state index is 5.74. The van der Waals surface area contributed by atoms with Crippen LogP contribution in [0.25, 0.3) is 11.3 Å². The van der Waals surface area contributed by atoms with Crippen molar-refractivity contribution < 1.29 is 9.47 Å². The molecule has 20 heavy (non-hydrogen) atoms. The summed E-state index contributed by atoms with van der Waals surface area (Å²) in [6, 6.07) is 9.22. The summed E-state index contributed by atoms with van der Waals surface area (Å²) in [7, 11) is 1.62. The van der Waals surface area contributed by atoms with Gasteiger partial charge in [0, 0.05) is 5.56 Å². The summed E-state index contributed by atoms with van der Waals surface area (Å²) in [5, 5.41) is 8.26. The van der Waals surface area contributed by atoms with E-state index in [0.717, 1.165) is 17.0 Å². The van der Waals surface area contributed by atoms with Gasteiger partial charge >= 0.3 is 0 Å². The van der Waals surface area contributed by atoms with Crippen LogP contribution >= 0.6 is 11.6 Å². The summed E-state index contributed by atoms with van der Waals surface area (Å²) in [6.07, 6.45) is 0. The maximum Gasteiger partial charge on any atom is 0.161 e. The molecule has 0 saturated carbocycles. The van der Waals surface area contributed by atoms with Crippen LogP contribution in [0, 0.1) is 5.92 Å². The molecule has 2 aromatic rings. The summed E-state index contributed by atoms with van der Waals surface area (Å²) in [5.74, 6) is 1.87. The molecule has 4 nitrogen and oxygen atoms in total. The highest BCUT2D eigenvalue weighted by Crippen LogP contribution is 2.32. The number of ether oxygens (including phenoxy) is 2. The third kappa shape index (κ3) is 3.61. The van der Waals surface area contributed by atoms with Crippen molar-refractivity contribution in [3.8, 4) is 22.8 Å². The van der Waals surface area contributed by atoms with Crippen LogP contribution in [0.3, 0.4) is 0 Å². The van der Waals surface area contributed by atoms with Crippen molar-refractivity contribution in [1.82, 2.24) is 10.2 Å². The number of hydrogen-bond donors (Lipinski definition) is 0. The zero-order chi connectivity index (χ0) is 14.5. The van der Waals surface area contributed by atoms with E-state index in [9.17, 15) is 0 Å². The minimum absolute atomic E-state index is 0.373. The smallest absolute Gasteiger partial charge is 0.161 e. The average Bonchev–Trinajstić information content (AvgIpc) is 2.45. The first-order valence-corrected chi connectivity index (χ1v) is 6.78. The summed E-state index contributed by atoms with van der Waals surface area (Å²) in [4.78, 5) is 0. The first kappa shape index (κ1) is 14.6. The second-order valence-corrected chi connectivity index (χ2v) is 5.20. The van der Waals surface area contributed by atoms with Gasteiger partial charge in [0.15, 0.2) is 16.7 Å². The Morgan fingerprint density at radius 3 is 2.50 bits per heavy atom. The van der Waals surface area contributed by atoms with Gasteiger partial charge in [0.2, 0.25) is 0 Å². The molecule has 0 aliphatic rings. The summed E-state index contributed by atoms with van der Waals surface area (Å²) >= 11 is 5.74. The molecule has 0 atom stereocenters. The van der Waals surface area contributed by atoms with Gasteiger partial charge in [-0.1, -0.05) is 25.4 Å². The average molecular weight is 293 g/mol. The molecule has 0 N–H and O–H groups in total. The molecule has 2 rings (SSSR count). The molecule has 0 bridgehead atoms. The Kier molecular flexibility index (Phi) is 4.79. The fourth-order valence-electron chi connectivity index (χ4n) is 1.67. The van der Waals surface area contributed by atoms with Crippen LogP contribution < -0.4 is 9.47 Å². The number of aromatic nitrogens is 2. The summed E-state index contributed by atoms with van der Waals surface area (Å²) in [6.45, 7) is 4.85. The molecule has 0 amide bonds. The van der Waals surface area contributed by atoms with Crippen molar-refractivity contribution in [2.45, 2.75) is 13.8 Å². The second-order valence-electron chi connectivity index (χ2n) is 4.81. The van der Waals surface area contributed by atoms with Crippen molar-refractivity contribution >= 4 is 11.6 Å². The van der Waals surface area contributed by atoms with Crippen LogP contribution in [0.5, 0.6) is 11.5 Å². The molecule has 0 radical (unpaired) electrons. The number of nitrogens with zero attached hydrogens (tertiary/aromatic N) is 2. The lowest BCUT2D eigenvalue weighted by Crippen LogP contribution is -2.05. The van der Waals surface area contributed by atoms with Gasteiger partial charge in [-0.3, -0.25) is 0 Å². The first-order chi connectivity index (χ1) is 9.60. The van der Waals surface area contributed by atoms with Crippen molar-refractivity contribution in [1.29, 1.82) is 0 Å². The van der Waals surface area contributed by atoms with E-state index in [0.29, 0.717) is 23.4 Å². The Hall–Kier alpha value is -1.81. The van der Waals surface area contributed by atoms with Gasteiger partial charge in [0.05, 0.1) is 19.4 Å². The van der Waals surface area contributed by atoms with E-state index < -0.39 is 0 Å². The van der Waals surface area contributed by atoms with Crippen LogP contribution in [0.15, 0.2) is 30.3 Å². The number of rotatable bonds is 5. The normalized spacial score (nSPS) is 10.7. The van der Waals surface area contributed by atoms with Crippen molar-refractivity contribution in [3.63, 3.8) is 0 Å². The molecule has 0 aliphatic carbocycles. The molecule has 0 unspecified atom stereocenters. The highest BCUT2D eigenvalue weighted by Gasteiger charge is 2.09. The van der Waals surface area contributed by atoms with Crippen LogP contribution in [-0.4, -0.2) is 23.9 Å². The van der Waals surface area contributed by atoms with Gasteiger partial charge in [-0.25, -0.2) is 0 Å². The summed E-state index contributed by atoms with van der Waals surface area (Å²) in [5.41, 5.74) is 1.64. The molecule has 106 valence electrons. The molecular weight excluding hydrogens is 276 g/mol. The lowest BCUT2D eigenvalue weighted by molar-refractivity contribution is 0.257. The Balaban J connectivity index is 2.26. The molecule has 0 spiro atoms. The quantitative estimate of drug-likeness (QED) is 0.840. The van der Waals surface area contributed by atoms with Crippen molar-refractivity contribution in [3.05, 3.63) is 35.5 Å². The van der Waals surface area contributed by atoms with E-state index in [-0.39, 0.29) is 0 Å². The maximum absolute atomic E-state index is 5.74. The van der Waals surface area contributed by atoms with Crippen molar-refractivity contribution in [2.24, 2.45) is 5.92 Å². The Labute approximate surface area is 123 Å². The van der Waals surface area contributed by atoms with E-state index in [2.05, 4.69) is 24.0 Å². The van der Waals surface area contributed by atoms with Gasteiger partial charge in [-0.15, -0.1) is 10.2 Å². The third-order valence-corrected chi connectivity index (χ3v) is 2.87. The third-order valence-electron chi connectivity index (χ3n) is 2.66. The van der Waals surface area contributed by atoms with Gasteiger partial charge in [-0.05, 0) is 36.2 Å². The van der Waals surface area contributed by atoms with Crippen LogP contribution in [0.1, 0.15) is 13.8 Å². The van der Waals surface area contributed by atoms with Crippen LogP contribution in [0.4, 0.5) is 0 Å². The molecule has 0 saturated heterocycles. The fraction of sp³-hybridized carbons (Fsp3) is 0.333. The van der Waals surface area contributed by atoms with Crippen LogP contribution in [0.2, 0.25) is 5.15 Å². The molecule has 1 heterocycles. The SMILES string of the molecule is COc1cc(-c2ccc(Cl)nn2)ccc1OCC(C)C. The highest BCUT2D eigenvalue weighted by atomic mass is 35.5. The largest absolute Gasteiger partial charge is 0.493 e. The monoisotopic (exact) mass is 292 g/mol. The molecule has 1 aromatic carbocycles. The van der Waals surface area contributed by atoms with E-state index in [4.69, 9.17) is 21.1 Å². The molecule has 1 aromatic heterocycles. The predicted molar refractivity (Wildman–Crippen MR) is 79.4 cm³/mol. The molecular formula is C15H17ClN2O2. The number of halogens is 1. The zero-order valence-corrected chi connectivity index (χ0v) is 12.5. The standard InChI is InChI=1S/C15H17ClN2O2/c1-10(2)9-20-13-6-4-11(8-14(13)19-3)12-5-7-15(16)18-17-12/h4-8,10H,9H2,1-3H3. The number of hydrogen-bond acceptors (Lipinski definition) is 4. The van der Waals surface area contributed by atoms with Crippen molar-refractivity contribution in [2.75, 3.05) is 13.7 Å². The summed E-state index contributed by atoms with van der Waals surface area (Å²) < 4.78 is 11.1. The Morgan fingerprint density at radius 2 is 1.90 bits per heavy atom. The lowest BCUT2D eigenvalue weighted by atomic mass is 10.1. The van der Waals surface area contributed by atoms with E-state index in [1.54, 1.807) is 13.2 Å². The number of methoxy groups -OCH3 is 1. The first-order valence-electron chi connectivity index (χ1n) is 6.40. The van der Waals surface area contributed by atoms with Gasteiger partial charge in [0.25, 0.3) is 0 Å². The highest BCUT2D eigenvalue weighted by molar-refractivity contribution is 6.29.